The van der Waals surface area contributed by atoms with E-state index in [1.54, 1.807) is 0 Å². The summed E-state index contributed by atoms with van der Waals surface area (Å²) in [6.07, 6.45) is -0.529. The molecule has 2 aromatic carbocycles. The van der Waals surface area contributed by atoms with Crippen LogP contribution in [0.1, 0.15) is 17.4 Å². The topological polar surface area (TPSA) is 45.4 Å². The summed E-state index contributed by atoms with van der Waals surface area (Å²) >= 11 is 6.00. The Morgan fingerprint density at radius 1 is 1.00 bits per heavy atom. The highest BCUT2D eigenvalue weighted by atomic mass is 35.5. The van der Waals surface area contributed by atoms with Gasteiger partial charge in [0.1, 0.15) is 11.5 Å². The molecular formula is C19H18ClNO2. The highest BCUT2D eigenvalue weighted by molar-refractivity contribution is 6.30. The van der Waals surface area contributed by atoms with Crippen molar-refractivity contribution in [1.29, 1.82) is 0 Å². The van der Waals surface area contributed by atoms with E-state index in [0.717, 1.165) is 22.6 Å². The number of aliphatic hydroxyl groups excluding tert-OH is 1. The Morgan fingerprint density at radius 3 is 2.61 bits per heavy atom. The summed E-state index contributed by atoms with van der Waals surface area (Å²) in [7, 11) is 0. The highest BCUT2D eigenvalue weighted by Gasteiger charge is 2.08. The molecule has 1 aromatic heterocycles. The van der Waals surface area contributed by atoms with Gasteiger partial charge >= 0.3 is 0 Å². The molecule has 2 N–H and O–H groups in total. The zero-order valence-electron chi connectivity index (χ0n) is 12.6. The Kier molecular flexibility index (Phi) is 5.13. The average molecular weight is 328 g/mol. The minimum Gasteiger partial charge on any atom is -0.460 e. The van der Waals surface area contributed by atoms with E-state index in [0.29, 0.717) is 18.1 Å². The first-order valence-electron chi connectivity index (χ1n) is 7.51. The lowest BCUT2D eigenvalue weighted by atomic mass is 10.1. The summed E-state index contributed by atoms with van der Waals surface area (Å²) in [4.78, 5) is 0. The minimum absolute atomic E-state index is 0.469. The Bertz CT molecular complexity index is 755. The molecule has 0 saturated heterocycles. The molecule has 118 valence electrons. The lowest BCUT2D eigenvalue weighted by Crippen LogP contribution is -2.20. The van der Waals surface area contributed by atoms with Crippen LogP contribution in [0.4, 0.5) is 0 Å². The standard InChI is InChI=1S/C19H18ClNO2/c20-16-8-4-7-15(11-16)19-10-9-17(23-19)12-21-13-18(22)14-5-2-1-3-6-14/h1-11,18,21-22H,12-13H2/t18-/m1/s1. The van der Waals surface area contributed by atoms with Gasteiger partial charge in [0.05, 0.1) is 12.6 Å². The van der Waals surface area contributed by atoms with Crippen molar-refractivity contribution in [1.82, 2.24) is 5.32 Å². The second-order valence-corrected chi connectivity index (χ2v) is 5.77. The molecule has 3 aromatic rings. The van der Waals surface area contributed by atoms with E-state index in [1.165, 1.54) is 0 Å². The summed E-state index contributed by atoms with van der Waals surface area (Å²) in [5.41, 5.74) is 1.85. The van der Waals surface area contributed by atoms with Gasteiger partial charge in [-0.2, -0.15) is 0 Å². The van der Waals surface area contributed by atoms with Gasteiger partial charge in [0.2, 0.25) is 0 Å². The van der Waals surface area contributed by atoms with Gasteiger partial charge in [-0.15, -0.1) is 0 Å². The quantitative estimate of drug-likeness (QED) is 0.704. The fourth-order valence-electron chi connectivity index (χ4n) is 2.39. The number of halogens is 1. The van der Waals surface area contributed by atoms with Gasteiger partial charge in [0.15, 0.2) is 0 Å². The second-order valence-electron chi connectivity index (χ2n) is 5.33. The normalized spacial score (nSPS) is 12.3. The lowest BCUT2D eigenvalue weighted by Gasteiger charge is -2.11. The molecule has 0 aliphatic carbocycles. The van der Waals surface area contributed by atoms with Crippen LogP contribution in [0.2, 0.25) is 5.02 Å². The third-order valence-electron chi connectivity index (χ3n) is 3.59. The van der Waals surface area contributed by atoms with Gasteiger partial charge in [-0.05, 0) is 29.8 Å². The van der Waals surface area contributed by atoms with E-state index in [9.17, 15) is 5.11 Å². The van der Waals surface area contributed by atoms with Crippen LogP contribution >= 0.6 is 11.6 Å². The molecule has 0 fully saturated rings. The Balaban J connectivity index is 1.55. The molecule has 0 aliphatic heterocycles. The molecule has 1 atom stereocenters. The Hall–Kier alpha value is -2.07. The highest BCUT2D eigenvalue weighted by Crippen LogP contribution is 2.24. The van der Waals surface area contributed by atoms with Gasteiger partial charge in [0.25, 0.3) is 0 Å². The zero-order chi connectivity index (χ0) is 16.1. The van der Waals surface area contributed by atoms with Crippen LogP contribution in [0.5, 0.6) is 0 Å². The molecule has 3 rings (SSSR count). The number of aliphatic hydroxyl groups is 1. The van der Waals surface area contributed by atoms with Crippen LogP contribution in [0.3, 0.4) is 0 Å². The van der Waals surface area contributed by atoms with Crippen LogP contribution in [-0.4, -0.2) is 11.7 Å². The maximum atomic E-state index is 10.1. The van der Waals surface area contributed by atoms with Crippen molar-refractivity contribution in [3.63, 3.8) is 0 Å². The maximum Gasteiger partial charge on any atom is 0.134 e. The SMILES string of the molecule is O[C@H](CNCc1ccc(-c2cccc(Cl)c2)o1)c1ccccc1. The number of benzene rings is 2. The first-order valence-corrected chi connectivity index (χ1v) is 7.88. The molecular weight excluding hydrogens is 310 g/mol. The minimum atomic E-state index is -0.529. The fraction of sp³-hybridized carbons (Fsp3) is 0.158. The number of hydrogen-bond acceptors (Lipinski definition) is 3. The lowest BCUT2D eigenvalue weighted by molar-refractivity contribution is 0.173. The Labute approximate surface area is 140 Å². The summed E-state index contributed by atoms with van der Waals surface area (Å²) in [5, 5.41) is 14.0. The molecule has 4 heteroatoms. The van der Waals surface area contributed by atoms with Gasteiger partial charge in [-0.3, -0.25) is 0 Å². The van der Waals surface area contributed by atoms with Gasteiger partial charge in [-0.1, -0.05) is 54.1 Å². The molecule has 0 aliphatic rings. The molecule has 0 amide bonds. The third kappa shape index (κ3) is 4.23. The van der Waals surface area contributed by atoms with E-state index in [1.807, 2.05) is 66.7 Å². The molecule has 0 unspecified atom stereocenters. The third-order valence-corrected chi connectivity index (χ3v) is 3.83. The van der Waals surface area contributed by atoms with Crippen molar-refractivity contribution >= 4 is 11.6 Å². The predicted octanol–water partition coefficient (Wildman–Crippen LogP) is 4.42. The largest absolute Gasteiger partial charge is 0.460 e. The van der Waals surface area contributed by atoms with Crippen molar-refractivity contribution in [2.45, 2.75) is 12.6 Å². The van der Waals surface area contributed by atoms with Crippen LogP contribution in [-0.2, 0) is 6.54 Å². The molecule has 3 nitrogen and oxygen atoms in total. The average Bonchev–Trinajstić information content (AvgIpc) is 3.04. The van der Waals surface area contributed by atoms with Gasteiger partial charge in [-0.25, -0.2) is 0 Å². The van der Waals surface area contributed by atoms with E-state index in [4.69, 9.17) is 16.0 Å². The fourth-order valence-corrected chi connectivity index (χ4v) is 2.59. The van der Waals surface area contributed by atoms with Crippen LogP contribution in [0, 0.1) is 0 Å². The molecule has 0 bridgehead atoms. The van der Waals surface area contributed by atoms with E-state index in [2.05, 4.69) is 5.32 Å². The van der Waals surface area contributed by atoms with Crippen molar-refractivity contribution in [2.75, 3.05) is 6.54 Å². The molecule has 23 heavy (non-hydrogen) atoms. The van der Waals surface area contributed by atoms with Crippen molar-refractivity contribution in [3.8, 4) is 11.3 Å². The van der Waals surface area contributed by atoms with E-state index < -0.39 is 6.10 Å². The smallest absolute Gasteiger partial charge is 0.134 e. The van der Waals surface area contributed by atoms with Gasteiger partial charge in [0, 0.05) is 17.1 Å². The number of rotatable bonds is 6. The van der Waals surface area contributed by atoms with E-state index >= 15 is 0 Å². The van der Waals surface area contributed by atoms with Crippen molar-refractivity contribution in [2.24, 2.45) is 0 Å². The predicted molar refractivity (Wildman–Crippen MR) is 92.3 cm³/mol. The molecule has 0 radical (unpaired) electrons. The number of hydrogen-bond donors (Lipinski definition) is 2. The maximum absolute atomic E-state index is 10.1. The molecule has 1 heterocycles. The number of furan rings is 1. The molecule has 0 spiro atoms. The summed E-state index contributed by atoms with van der Waals surface area (Å²) < 4.78 is 5.81. The van der Waals surface area contributed by atoms with Crippen molar-refractivity contribution in [3.05, 3.63) is 83.1 Å². The first kappa shape index (κ1) is 15.8. The van der Waals surface area contributed by atoms with Crippen molar-refractivity contribution < 1.29 is 9.52 Å². The van der Waals surface area contributed by atoms with Gasteiger partial charge < -0.3 is 14.8 Å². The monoisotopic (exact) mass is 327 g/mol. The summed E-state index contributed by atoms with van der Waals surface area (Å²) in [6.45, 7) is 1.03. The zero-order valence-corrected chi connectivity index (χ0v) is 13.3. The second kappa shape index (κ2) is 7.47. The summed E-state index contributed by atoms with van der Waals surface area (Å²) in [6, 6.07) is 21.0. The Morgan fingerprint density at radius 2 is 1.83 bits per heavy atom. The number of nitrogens with one attached hydrogen (secondary N) is 1. The van der Waals surface area contributed by atoms with Crippen LogP contribution in [0.15, 0.2) is 71.1 Å². The first-order chi connectivity index (χ1) is 11.2. The van der Waals surface area contributed by atoms with Crippen LogP contribution in [0.25, 0.3) is 11.3 Å². The van der Waals surface area contributed by atoms with E-state index in [-0.39, 0.29) is 0 Å². The summed E-state index contributed by atoms with van der Waals surface area (Å²) in [5.74, 6) is 1.60. The van der Waals surface area contributed by atoms with Crippen LogP contribution < -0.4 is 5.32 Å². The molecule has 0 saturated carbocycles.